The summed E-state index contributed by atoms with van der Waals surface area (Å²) in [6.07, 6.45) is 4.43. The summed E-state index contributed by atoms with van der Waals surface area (Å²) in [6.45, 7) is 1.40. The second kappa shape index (κ2) is 5.82. The Hall–Kier alpha value is -1.72. The number of hydrogen-bond donors (Lipinski definition) is 1. The summed E-state index contributed by atoms with van der Waals surface area (Å²) in [6, 6.07) is 6.66. The van der Waals surface area contributed by atoms with Crippen LogP contribution < -0.4 is 0 Å². The van der Waals surface area contributed by atoms with Crippen molar-refractivity contribution in [2.45, 2.75) is 24.5 Å². The summed E-state index contributed by atoms with van der Waals surface area (Å²) in [5.41, 5.74) is -1.24. The van der Waals surface area contributed by atoms with E-state index in [1.54, 1.807) is 29.1 Å². The maximum absolute atomic E-state index is 14.3. The van der Waals surface area contributed by atoms with E-state index >= 15 is 0 Å². The maximum atomic E-state index is 14.3. The SMILES string of the molecule is CN1CCC(O)(C(c2c(F)cccc2F)n2cccc2)CC1. The van der Waals surface area contributed by atoms with Crippen LogP contribution in [0.25, 0.3) is 0 Å². The molecule has 3 rings (SSSR count). The predicted molar refractivity (Wildman–Crippen MR) is 80.6 cm³/mol. The van der Waals surface area contributed by atoms with Crippen molar-refractivity contribution in [3.63, 3.8) is 0 Å². The Morgan fingerprint density at radius 1 is 1.05 bits per heavy atom. The molecule has 0 saturated carbocycles. The van der Waals surface area contributed by atoms with Crippen LogP contribution in [0.15, 0.2) is 42.7 Å². The number of nitrogens with zero attached hydrogens (tertiary/aromatic N) is 2. The van der Waals surface area contributed by atoms with Crippen LogP contribution in [0.1, 0.15) is 24.4 Å². The molecule has 1 fully saturated rings. The fraction of sp³-hybridized carbons (Fsp3) is 0.412. The monoisotopic (exact) mass is 306 g/mol. The molecule has 1 aliphatic rings. The number of piperidine rings is 1. The minimum Gasteiger partial charge on any atom is -0.387 e. The van der Waals surface area contributed by atoms with Gasteiger partial charge in [0.05, 0.1) is 11.6 Å². The number of rotatable bonds is 3. The third kappa shape index (κ3) is 2.66. The van der Waals surface area contributed by atoms with Gasteiger partial charge in [-0.2, -0.15) is 0 Å². The molecule has 0 aliphatic carbocycles. The average Bonchev–Trinajstić information content (AvgIpc) is 3.00. The number of hydrogen-bond acceptors (Lipinski definition) is 2. The molecule has 1 atom stereocenters. The van der Waals surface area contributed by atoms with E-state index in [-0.39, 0.29) is 5.56 Å². The fourth-order valence-corrected chi connectivity index (χ4v) is 3.27. The highest BCUT2D eigenvalue weighted by Gasteiger charge is 2.43. The van der Waals surface area contributed by atoms with Crippen LogP contribution in [-0.4, -0.2) is 40.3 Å². The van der Waals surface area contributed by atoms with Gasteiger partial charge in [0.1, 0.15) is 11.6 Å². The van der Waals surface area contributed by atoms with E-state index < -0.39 is 23.3 Å². The molecule has 1 aromatic carbocycles. The van der Waals surface area contributed by atoms with E-state index in [4.69, 9.17) is 0 Å². The van der Waals surface area contributed by atoms with Crippen molar-refractivity contribution in [2.24, 2.45) is 0 Å². The van der Waals surface area contributed by atoms with Crippen molar-refractivity contribution in [3.8, 4) is 0 Å². The zero-order valence-electron chi connectivity index (χ0n) is 12.5. The lowest BCUT2D eigenvalue weighted by atomic mass is 9.80. The number of aromatic nitrogens is 1. The molecule has 0 amide bonds. The van der Waals surface area contributed by atoms with Gasteiger partial charge in [-0.3, -0.25) is 0 Å². The predicted octanol–water partition coefficient (Wildman–Crippen LogP) is 2.81. The largest absolute Gasteiger partial charge is 0.387 e. The molecule has 1 N–H and O–H groups in total. The molecular formula is C17H20F2N2O. The van der Waals surface area contributed by atoms with Crippen molar-refractivity contribution in [1.82, 2.24) is 9.47 Å². The third-order valence-electron chi connectivity index (χ3n) is 4.56. The van der Waals surface area contributed by atoms with Crippen LogP contribution in [-0.2, 0) is 0 Å². The van der Waals surface area contributed by atoms with Crippen molar-refractivity contribution in [3.05, 3.63) is 59.9 Å². The second-order valence-corrected chi connectivity index (χ2v) is 6.07. The zero-order valence-corrected chi connectivity index (χ0v) is 12.5. The lowest BCUT2D eigenvalue weighted by Crippen LogP contribution is -2.49. The van der Waals surface area contributed by atoms with Crippen molar-refractivity contribution >= 4 is 0 Å². The Labute approximate surface area is 128 Å². The molecule has 2 aromatic rings. The van der Waals surface area contributed by atoms with Gasteiger partial charge in [-0.25, -0.2) is 8.78 Å². The molecule has 0 radical (unpaired) electrons. The molecule has 1 unspecified atom stereocenters. The van der Waals surface area contributed by atoms with Gasteiger partial charge < -0.3 is 14.6 Å². The molecule has 3 nitrogen and oxygen atoms in total. The Bertz CT molecular complexity index is 614. The zero-order chi connectivity index (χ0) is 15.7. The van der Waals surface area contributed by atoms with E-state index in [0.29, 0.717) is 25.9 Å². The minimum atomic E-state index is -1.17. The number of likely N-dealkylation sites (tertiary alicyclic amines) is 1. The molecule has 1 aliphatic heterocycles. The smallest absolute Gasteiger partial charge is 0.131 e. The molecule has 118 valence electrons. The van der Waals surface area contributed by atoms with Gasteiger partial charge in [0.25, 0.3) is 0 Å². The lowest BCUT2D eigenvalue weighted by Gasteiger charge is -2.42. The van der Waals surface area contributed by atoms with Crippen molar-refractivity contribution in [1.29, 1.82) is 0 Å². The molecular weight excluding hydrogens is 286 g/mol. The summed E-state index contributed by atoms with van der Waals surface area (Å²) in [4.78, 5) is 2.11. The topological polar surface area (TPSA) is 28.4 Å². The first-order valence-electron chi connectivity index (χ1n) is 7.48. The van der Waals surface area contributed by atoms with Crippen LogP contribution in [0.2, 0.25) is 0 Å². The van der Waals surface area contributed by atoms with Gasteiger partial charge >= 0.3 is 0 Å². The molecule has 1 saturated heterocycles. The van der Waals surface area contributed by atoms with E-state index in [1.807, 2.05) is 7.05 Å². The van der Waals surface area contributed by atoms with E-state index in [0.717, 1.165) is 0 Å². The fourth-order valence-electron chi connectivity index (χ4n) is 3.27. The van der Waals surface area contributed by atoms with Crippen LogP contribution in [0, 0.1) is 11.6 Å². The summed E-state index contributed by atoms with van der Waals surface area (Å²) in [7, 11) is 1.98. The molecule has 2 heterocycles. The quantitative estimate of drug-likeness (QED) is 0.944. The van der Waals surface area contributed by atoms with E-state index in [1.165, 1.54) is 18.2 Å². The molecule has 0 spiro atoms. The van der Waals surface area contributed by atoms with Gasteiger partial charge in [0.2, 0.25) is 0 Å². The molecule has 0 bridgehead atoms. The normalized spacial score (nSPS) is 20.0. The maximum Gasteiger partial charge on any atom is 0.131 e. The van der Waals surface area contributed by atoms with Gasteiger partial charge in [-0.1, -0.05) is 6.07 Å². The first-order valence-corrected chi connectivity index (χ1v) is 7.48. The molecule has 5 heteroatoms. The Morgan fingerprint density at radius 3 is 2.14 bits per heavy atom. The molecule has 22 heavy (non-hydrogen) atoms. The summed E-state index contributed by atoms with van der Waals surface area (Å²) >= 11 is 0. The highest BCUT2D eigenvalue weighted by molar-refractivity contribution is 5.28. The van der Waals surface area contributed by atoms with Gasteiger partial charge in [0.15, 0.2) is 0 Å². The Morgan fingerprint density at radius 2 is 1.59 bits per heavy atom. The lowest BCUT2D eigenvalue weighted by molar-refractivity contribution is -0.0475. The van der Waals surface area contributed by atoms with E-state index in [9.17, 15) is 13.9 Å². The van der Waals surface area contributed by atoms with Crippen molar-refractivity contribution < 1.29 is 13.9 Å². The third-order valence-corrected chi connectivity index (χ3v) is 4.56. The number of benzene rings is 1. The van der Waals surface area contributed by atoms with Crippen molar-refractivity contribution in [2.75, 3.05) is 20.1 Å². The first-order chi connectivity index (χ1) is 10.5. The summed E-state index contributed by atoms with van der Waals surface area (Å²) in [5.74, 6) is -1.24. The van der Waals surface area contributed by atoms with Crippen LogP contribution in [0.3, 0.4) is 0 Å². The van der Waals surface area contributed by atoms with Crippen LogP contribution in [0.5, 0.6) is 0 Å². The van der Waals surface area contributed by atoms with Gasteiger partial charge in [0, 0.05) is 31.0 Å². The number of aliphatic hydroxyl groups is 1. The standard InChI is InChI=1S/C17H20F2N2O/c1-20-11-7-17(22,8-12-20)16(21-9-2-3-10-21)15-13(18)5-4-6-14(15)19/h2-6,9-10,16,22H,7-8,11-12H2,1H3. The van der Waals surface area contributed by atoms with Gasteiger partial charge in [-0.15, -0.1) is 0 Å². The second-order valence-electron chi connectivity index (χ2n) is 6.07. The van der Waals surface area contributed by atoms with Crippen LogP contribution >= 0.6 is 0 Å². The highest BCUT2D eigenvalue weighted by atomic mass is 19.1. The Kier molecular flexibility index (Phi) is 4.02. The summed E-state index contributed by atoms with van der Waals surface area (Å²) < 4.78 is 30.3. The first kappa shape index (κ1) is 15.2. The van der Waals surface area contributed by atoms with Crippen LogP contribution in [0.4, 0.5) is 8.78 Å². The minimum absolute atomic E-state index is 0.0641. The average molecular weight is 306 g/mol. The summed E-state index contributed by atoms with van der Waals surface area (Å²) in [5, 5.41) is 11.1. The highest BCUT2D eigenvalue weighted by Crippen LogP contribution is 2.39. The number of halogens is 2. The molecule has 1 aromatic heterocycles. The van der Waals surface area contributed by atoms with E-state index in [2.05, 4.69) is 4.90 Å². The Balaban J connectivity index is 2.09. The van der Waals surface area contributed by atoms with Gasteiger partial charge in [-0.05, 0) is 44.2 Å².